The Bertz CT molecular complexity index is 1330. The second-order valence-corrected chi connectivity index (χ2v) is 8.99. The number of nitrogens with zero attached hydrogens (tertiary/aromatic N) is 5. The number of likely N-dealkylation sites (tertiary alicyclic amines) is 1. The van der Waals surface area contributed by atoms with Crippen LogP contribution in [0.3, 0.4) is 0 Å². The van der Waals surface area contributed by atoms with E-state index in [2.05, 4.69) is 33.4 Å². The number of hydrogen-bond acceptors (Lipinski definition) is 6. The van der Waals surface area contributed by atoms with Crippen LogP contribution in [0.2, 0.25) is 0 Å². The lowest BCUT2D eigenvalue weighted by atomic mass is 9.73. The Morgan fingerprint density at radius 1 is 1.28 bits per heavy atom. The molecule has 1 aliphatic carbocycles. The van der Waals surface area contributed by atoms with Crippen molar-refractivity contribution in [2.75, 3.05) is 19.0 Å². The summed E-state index contributed by atoms with van der Waals surface area (Å²) < 4.78 is 7.48. The molecule has 6 rings (SSSR count). The molecule has 0 spiro atoms. The van der Waals surface area contributed by atoms with E-state index in [0.29, 0.717) is 18.2 Å². The first kappa shape index (κ1) is 19.1. The normalized spacial score (nSPS) is 23.1. The summed E-state index contributed by atoms with van der Waals surface area (Å²) >= 11 is 0. The standard InChI is InChI=1S/C23H25N7O2/c1-23(29-8-3-4-18(29)31)11-15(12-23)26-22-27-20-19(21(28-22)32-2)17(13-24-20)14-6-9-30-16(10-14)5-7-25-30/h5-7,9-10,13,15H,3-4,8,11-12H2,1-2H3,(H2,24,26,27,28)/t15-,23-. The van der Waals surface area contributed by atoms with E-state index in [1.165, 1.54) is 0 Å². The van der Waals surface area contributed by atoms with Gasteiger partial charge < -0.3 is 19.9 Å². The average molecular weight is 432 g/mol. The van der Waals surface area contributed by atoms with Crippen LogP contribution >= 0.6 is 0 Å². The van der Waals surface area contributed by atoms with E-state index in [0.717, 1.165) is 53.5 Å². The monoisotopic (exact) mass is 431 g/mol. The summed E-state index contributed by atoms with van der Waals surface area (Å²) in [4.78, 5) is 26.8. The predicted molar refractivity (Wildman–Crippen MR) is 121 cm³/mol. The highest BCUT2D eigenvalue weighted by Crippen LogP contribution is 2.41. The van der Waals surface area contributed by atoms with Crippen LogP contribution in [0.1, 0.15) is 32.6 Å². The van der Waals surface area contributed by atoms with Gasteiger partial charge in [0.2, 0.25) is 17.7 Å². The van der Waals surface area contributed by atoms with Gasteiger partial charge in [-0.25, -0.2) is 4.52 Å². The number of fused-ring (bicyclic) bond motifs is 2. The molecule has 164 valence electrons. The topological polar surface area (TPSA) is 100 Å². The molecule has 0 radical (unpaired) electrons. The summed E-state index contributed by atoms with van der Waals surface area (Å²) in [7, 11) is 1.63. The molecule has 1 saturated heterocycles. The molecule has 0 aromatic carbocycles. The van der Waals surface area contributed by atoms with Crippen molar-refractivity contribution < 1.29 is 9.53 Å². The molecule has 32 heavy (non-hydrogen) atoms. The van der Waals surface area contributed by atoms with Gasteiger partial charge in [0.05, 0.1) is 18.0 Å². The quantitative estimate of drug-likeness (QED) is 0.503. The average Bonchev–Trinajstić information content (AvgIpc) is 3.50. The van der Waals surface area contributed by atoms with Crippen molar-refractivity contribution in [1.82, 2.24) is 29.5 Å². The number of methoxy groups -OCH3 is 1. The van der Waals surface area contributed by atoms with Crippen molar-refractivity contribution in [3.63, 3.8) is 0 Å². The first-order valence-corrected chi connectivity index (χ1v) is 11.0. The minimum atomic E-state index is -0.0641. The number of carbonyl (C=O) groups is 1. The number of anilines is 1. The van der Waals surface area contributed by atoms with Crippen LogP contribution in [0, 0.1) is 0 Å². The maximum Gasteiger partial charge on any atom is 0.228 e. The molecule has 4 aromatic heterocycles. The first-order chi connectivity index (χ1) is 15.5. The molecule has 4 aromatic rings. The van der Waals surface area contributed by atoms with Crippen molar-refractivity contribution in [3.8, 4) is 17.0 Å². The molecule has 2 N–H and O–H groups in total. The van der Waals surface area contributed by atoms with Gasteiger partial charge in [-0.2, -0.15) is 15.1 Å². The molecule has 1 aliphatic heterocycles. The van der Waals surface area contributed by atoms with Crippen molar-refractivity contribution in [3.05, 3.63) is 36.8 Å². The minimum absolute atomic E-state index is 0.0641. The number of amides is 1. The van der Waals surface area contributed by atoms with Gasteiger partial charge in [0, 0.05) is 48.7 Å². The summed E-state index contributed by atoms with van der Waals surface area (Å²) in [6.07, 6.45) is 9.08. The van der Waals surface area contributed by atoms with E-state index in [1.807, 2.05) is 33.9 Å². The second-order valence-electron chi connectivity index (χ2n) is 8.99. The zero-order valence-electron chi connectivity index (χ0n) is 18.1. The fourth-order valence-electron chi connectivity index (χ4n) is 5.26. The molecule has 2 fully saturated rings. The number of aromatic amines is 1. The van der Waals surface area contributed by atoms with Crippen molar-refractivity contribution >= 4 is 28.4 Å². The van der Waals surface area contributed by atoms with E-state index in [-0.39, 0.29) is 17.5 Å². The highest BCUT2D eigenvalue weighted by molar-refractivity contribution is 5.98. The molecular weight excluding hydrogens is 406 g/mol. The van der Waals surface area contributed by atoms with E-state index in [1.54, 1.807) is 13.3 Å². The summed E-state index contributed by atoms with van der Waals surface area (Å²) in [5, 5.41) is 8.55. The van der Waals surface area contributed by atoms with Crippen LogP contribution < -0.4 is 10.1 Å². The van der Waals surface area contributed by atoms with Crippen LogP contribution in [0.5, 0.6) is 5.88 Å². The zero-order chi connectivity index (χ0) is 21.9. The highest BCUT2D eigenvalue weighted by Gasteiger charge is 2.48. The largest absolute Gasteiger partial charge is 0.480 e. The van der Waals surface area contributed by atoms with Gasteiger partial charge in [-0.15, -0.1) is 0 Å². The van der Waals surface area contributed by atoms with Gasteiger partial charge in [-0.1, -0.05) is 0 Å². The molecule has 5 heterocycles. The molecule has 0 atom stereocenters. The van der Waals surface area contributed by atoms with Crippen LogP contribution in [0.15, 0.2) is 36.8 Å². The number of nitrogens with one attached hydrogen (secondary N) is 2. The highest BCUT2D eigenvalue weighted by atomic mass is 16.5. The number of rotatable bonds is 5. The lowest BCUT2D eigenvalue weighted by Crippen LogP contribution is -2.59. The third-order valence-electron chi connectivity index (χ3n) is 6.83. The van der Waals surface area contributed by atoms with Crippen LogP contribution in [-0.2, 0) is 4.79 Å². The Hall–Kier alpha value is -3.62. The number of aromatic nitrogens is 5. The molecule has 1 saturated carbocycles. The third-order valence-corrected chi connectivity index (χ3v) is 6.83. The number of pyridine rings is 1. The molecule has 1 amide bonds. The number of H-pyrrole nitrogens is 1. The Morgan fingerprint density at radius 2 is 2.16 bits per heavy atom. The Labute approximate surface area is 184 Å². The summed E-state index contributed by atoms with van der Waals surface area (Å²) in [5.41, 5.74) is 3.69. The van der Waals surface area contributed by atoms with Crippen LogP contribution in [0.25, 0.3) is 27.7 Å². The van der Waals surface area contributed by atoms with E-state index < -0.39 is 0 Å². The summed E-state index contributed by atoms with van der Waals surface area (Å²) in [6, 6.07) is 6.30. The van der Waals surface area contributed by atoms with E-state index in [9.17, 15) is 4.79 Å². The van der Waals surface area contributed by atoms with Crippen molar-refractivity contribution in [2.24, 2.45) is 0 Å². The molecule has 9 nitrogen and oxygen atoms in total. The Kier molecular flexibility index (Phi) is 4.14. The third kappa shape index (κ3) is 2.91. The smallest absolute Gasteiger partial charge is 0.228 e. The number of hydrogen-bond donors (Lipinski definition) is 2. The van der Waals surface area contributed by atoms with Gasteiger partial charge in [0.15, 0.2) is 0 Å². The van der Waals surface area contributed by atoms with Crippen molar-refractivity contribution in [2.45, 2.75) is 44.2 Å². The SMILES string of the molecule is COc1nc(N[C@H]2C[C@](C)(N3CCCC3=O)C2)nc2[nH]cc(-c3ccn4nccc4c3)c12. The number of ether oxygens (including phenoxy) is 1. The zero-order valence-corrected chi connectivity index (χ0v) is 18.1. The van der Waals surface area contributed by atoms with E-state index >= 15 is 0 Å². The summed E-state index contributed by atoms with van der Waals surface area (Å²) in [5.74, 6) is 1.34. The second kappa shape index (κ2) is 6.94. The van der Waals surface area contributed by atoms with Gasteiger partial charge in [-0.05, 0) is 49.9 Å². The molecule has 9 heteroatoms. The lowest BCUT2D eigenvalue weighted by molar-refractivity contribution is -0.136. The maximum absolute atomic E-state index is 12.1. The van der Waals surface area contributed by atoms with Gasteiger partial charge in [-0.3, -0.25) is 4.79 Å². The van der Waals surface area contributed by atoms with Gasteiger partial charge in [0.1, 0.15) is 5.65 Å². The lowest BCUT2D eigenvalue weighted by Gasteiger charge is -2.51. The maximum atomic E-state index is 12.1. The minimum Gasteiger partial charge on any atom is -0.480 e. The van der Waals surface area contributed by atoms with Crippen LogP contribution in [0.4, 0.5) is 5.95 Å². The fraction of sp³-hybridized carbons (Fsp3) is 0.391. The summed E-state index contributed by atoms with van der Waals surface area (Å²) in [6.45, 7) is 3.04. The molecule has 0 bridgehead atoms. The van der Waals surface area contributed by atoms with Gasteiger partial charge in [0.25, 0.3) is 0 Å². The van der Waals surface area contributed by atoms with Crippen molar-refractivity contribution in [1.29, 1.82) is 0 Å². The van der Waals surface area contributed by atoms with Gasteiger partial charge >= 0.3 is 0 Å². The van der Waals surface area contributed by atoms with Crippen LogP contribution in [-0.4, -0.2) is 60.6 Å². The number of carbonyl (C=O) groups excluding carboxylic acids is 1. The Morgan fingerprint density at radius 3 is 2.94 bits per heavy atom. The molecular formula is C23H25N7O2. The molecule has 0 unspecified atom stereocenters. The first-order valence-electron chi connectivity index (χ1n) is 11.0. The fourth-order valence-corrected chi connectivity index (χ4v) is 5.26. The molecule has 2 aliphatic rings. The van der Waals surface area contributed by atoms with E-state index in [4.69, 9.17) is 9.72 Å². The Balaban J connectivity index is 1.27. The predicted octanol–water partition coefficient (Wildman–Crippen LogP) is 3.24.